The highest BCUT2D eigenvalue weighted by atomic mass is 16.5. The average molecular weight is 623 g/mol. The zero-order valence-corrected chi connectivity index (χ0v) is 27.1. The van der Waals surface area contributed by atoms with Gasteiger partial charge in [0.2, 0.25) is 11.9 Å². The lowest BCUT2D eigenvalue weighted by molar-refractivity contribution is -0.120. The Bertz CT molecular complexity index is 1350. The van der Waals surface area contributed by atoms with E-state index in [1.54, 1.807) is 19.3 Å². The molecule has 1 atom stereocenters. The molecule has 0 spiro atoms. The van der Waals surface area contributed by atoms with E-state index < -0.39 is 0 Å². The number of nitrogens with one attached hydrogen (secondary N) is 1. The monoisotopic (exact) mass is 622 g/mol. The molecule has 0 saturated carbocycles. The molecule has 1 aliphatic heterocycles. The summed E-state index contributed by atoms with van der Waals surface area (Å²) in [6, 6.07) is 0. The van der Waals surface area contributed by atoms with Crippen molar-refractivity contribution in [3.8, 4) is 0 Å². The molecule has 0 bridgehead atoms. The van der Waals surface area contributed by atoms with Crippen LogP contribution in [0.5, 0.6) is 0 Å². The van der Waals surface area contributed by atoms with Crippen molar-refractivity contribution in [2.75, 3.05) is 69.0 Å². The number of aromatic nitrogens is 7. The molecule has 0 aliphatic carbocycles. The quantitative estimate of drug-likeness (QED) is 0.233. The third-order valence-corrected chi connectivity index (χ3v) is 7.57. The highest BCUT2D eigenvalue weighted by Crippen LogP contribution is 2.17. The van der Waals surface area contributed by atoms with E-state index in [2.05, 4.69) is 66.1 Å². The van der Waals surface area contributed by atoms with Crippen molar-refractivity contribution in [2.24, 2.45) is 5.92 Å². The van der Waals surface area contributed by atoms with Gasteiger partial charge in [-0.3, -0.25) is 9.59 Å². The van der Waals surface area contributed by atoms with E-state index in [0.717, 1.165) is 37.2 Å². The first-order chi connectivity index (χ1) is 21.6. The molecule has 1 amide bonds. The Morgan fingerprint density at radius 2 is 1.47 bits per heavy atom. The van der Waals surface area contributed by atoms with E-state index in [4.69, 9.17) is 9.47 Å². The van der Waals surface area contributed by atoms with Crippen LogP contribution in [0.15, 0.2) is 31.0 Å². The highest BCUT2D eigenvalue weighted by Gasteiger charge is 2.21. The van der Waals surface area contributed by atoms with Crippen molar-refractivity contribution in [1.82, 2.24) is 40.2 Å². The number of nitrogens with zero attached hydrogens (tertiary/aromatic N) is 9. The standard InChI is InChI=1S/C31H46N10O4/c1-23(24(2)42)7-6-13-44-15-16-45-14-8-32-28(43)26-20-35-30(36-21-26)40-11-9-39(10-12-40)29-33-18-25(19-34-29)17-27-22-41(38-37-27)31(3,4)5/h18-23H,6-17H2,1-5H3,(H,32,43). The van der Waals surface area contributed by atoms with Crippen LogP contribution in [0.1, 0.15) is 69.1 Å². The van der Waals surface area contributed by atoms with Crippen LogP contribution in [-0.4, -0.2) is 106 Å². The molecule has 14 nitrogen and oxygen atoms in total. The van der Waals surface area contributed by atoms with Gasteiger partial charge in [0.25, 0.3) is 5.91 Å². The molecule has 3 aromatic heterocycles. The van der Waals surface area contributed by atoms with E-state index in [0.29, 0.717) is 69.9 Å². The predicted octanol–water partition coefficient (Wildman–Crippen LogP) is 2.30. The molecular weight excluding hydrogens is 576 g/mol. The molecular formula is C31H46N10O4. The van der Waals surface area contributed by atoms with Gasteiger partial charge in [-0.2, -0.15) is 0 Å². The summed E-state index contributed by atoms with van der Waals surface area (Å²) in [6.45, 7) is 15.0. The van der Waals surface area contributed by atoms with Crippen molar-refractivity contribution in [1.29, 1.82) is 0 Å². The van der Waals surface area contributed by atoms with Crippen molar-refractivity contribution in [3.05, 3.63) is 47.8 Å². The normalized spacial score (nSPS) is 14.4. The molecule has 1 N–H and O–H groups in total. The molecule has 0 radical (unpaired) electrons. The van der Waals surface area contributed by atoms with Gasteiger partial charge in [-0.05, 0) is 46.1 Å². The minimum atomic E-state index is -0.245. The second-order valence-electron chi connectivity index (χ2n) is 12.3. The lowest BCUT2D eigenvalue weighted by atomic mass is 10.0. The Kier molecular flexibility index (Phi) is 12.3. The minimum absolute atomic E-state index is 0.0806. The largest absolute Gasteiger partial charge is 0.379 e. The number of anilines is 2. The maximum Gasteiger partial charge on any atom is 0.254 e. The van der Waals surface area contributed by atoms with Crippen LogP contribution in [0.2, 0.25) is 0 Å². The van der Waals surface area contributed by atoms with Gasteiger partial charge in [-0.15, -0.1) is 5.10 Å². The maximum atomic E-state index is 12.5. The number of piperazine rings is 1. The van der Waals surface area contributed by atoms with Gasteiger partial charge in [-0.1, -0.05) is 12.1 Å². The number of hydrogen-bond donors (Lipinski definition) is 1. The van der Waals surface area contributed by atoms with Crippen molar-refractivity contribution in [3.63, 3.8) is 0 Å². The van der Waals surface area contributed by atoms with E-state index in [1.807, 2.05) is 30.2 Å². The topological polar surface area (TPSA) is 153 Å². The van der Waals surface area contributed by atoms with Gasteiger partial charge >= 0.3 is 0 Å². The van der Waals surface area contributed by atoms with Crippen LogP contribution in [0.3, 0.4) is 0 Å². The predicted molar refractivity (Wildman–Crippen MR) is 169 cm³/mol. The number of carbonyl (C=O) groups is 2. The molecule has 1 unspecified atom stereocenters. The Labute approximate surface area is 264 Å². The summed E-state index contributed by atoms with van der Waals surface area (Å²) in [5.74, 6) is 1.33. The number of amides is 1. The van der Waals surface area contributed by atoms with Crippen LogP contribution >= 0.6 is 0 Å². The summed E-state index contributed by atoms with van der Waals surface area (Å²) < 4.78 is 12.9. The van der Waals surface area contributed by atoms with E-state index in [9.17, 15) is 9.59 Å². The molecule has 45 heavy (non-hydrogen) atoms. The highest BCUT2D eigenvalue weighted by molar-refractivity contribution is 5.93. The molecule has 1 saturated heterocycles. The van der Waals surface area contributed by atoms with Gasteiger partial charge in [0.05, 0.1) is 36.6 Å². The molecule has 1 fully saturated rings. The fourth-order valence-electron chi connectivity index (χ4n) is 4.58. The van der Waals surface area contributed by atoms with E-state index in [-0.39, 0.29) is 23.1 Å². The number of carbonyl (C=O) groups excluding carboxylic acids is 2. The van der Waals surface area contributed by atoms with Crippen molar-refractivity contribution < 1.29 is 19.1 Å². The number of ether oxygens (including phenoxy) is 2. The Hall–Kier alpha value is -4.04. The lowest BCUT2D eigenvalue weighted by Crippen LogP contribution is -2.47. The summed E-state index contributed by atoms with van der Waals surface area (Å²) in [7, 11) is 0. The minimum Gasteiger partial charge on any atom is -0.379 e. The molecule has 3 aromatic rings. The van der Waals surface area contributed by atoms with Crippen LogP contribution in [0.4, 0.5) is 11.9 Å². The first-order valence-corrected chi connectivity index (χ1v) is 15.6. The molecule has 244 valence electrons. The van der Waals surface area contributed by atoms with Gasteiger partial charge in [0, 0.05) is 82.7 Å². The maximum absolute atomic E-state index is 12.5. The van der Waals surface area contributed by atoms with Gasteiger partial charge in [-0.25, -0.2) is 24.6 Å². The SMILES string of the molecule is CC(=O)C(C)CCCOCCOCCNC(=O)c1cnc(N2CCN(c3ncc(Cc4cn(C(C)(C)C)nn4)cn3)CC2)nc1. The summed E-state index contributed by atoms with van der Waals surface area (Å²) in [5, 5.41) is 11.3. The fraction of sp³-hybridized carbons (Fsp3) is 0.613. The zero-order valence-electron chi connectivity index (χ0n) is 27.1. The molecule has 4 heterocycles. The van der Waals surface area contributed by atoms with Crippen molar-refractivity contribution >= 4 is 23.6 Å². The molecule has 14 heteroatoms. The Morgan fingerprint density at radius 1 is 0.889 bits per heavy atom. The van der Waals surface area contributed by atoms with Gasteiger partial charge in [0.1, 0.15) is 5.78 Å². The molecule has 0 aromatic carbocycles. The second kappa shape index (κ2) is 16.3. The number of hydrogen-bond acceptors (Lipinski definition) is 12. The zero-order chi connectivity index (χ0) is 32.2. The van der Waals surface area contributed by atoms with Crippen LogP contribution < -0.4 is 15.1 Å². The van der Waals surface area contributed by atoms with E-state index in [1.165, 1.54) is 0 Å². The van der Waals surface area contributed by atoms with Crippen molar-refractivity contribution in [2.45, 2.75) is 59.4 Å². The number of ketones is 1. The summed E-state index contributed by atoms with van der Waals surface area (Å²) in [6.07, 6.45) is 11.1. The number of Topliss-reactive ketones (excluding diaryl/α,β-unsaturated/α-hetero) is 1. The van der Waals surface area contributed by atoms with Gasteiger partial charge < -0.3 is 24.6 Å². The average Bonchev–Trinajstić information content (AvgIpc) is 3.51. The first kappa shape index (κ1) is 33.8. The van der Waals surface area contributed by atoms with Crippen LogP contribution in [-0.2, 0) is 26.2 Å². The summed E-state index contributed by atoms with van der Waals surface area (Å²) >= 11 is 0. The lowest BCUT2D eigenvalue weighted by Gasteiger charge is -2.34. The third kappa shape index (κ3) is 10.5. The number of rotatable bonds is 16. The molecule has 4 rings (SSSR count). The van der Waals surface area contributed by atoms with Crippen LogP contribution in [0, 0.1) is 5.92 Å². The smallest absolute Gasteiger partial charge is 0.254 e. The molecule has 1 aliphatic rings. The van der Waals surface area contributed by atoms with Gasteiger partial charge in [0.15, 0.2) is 0 Å². The Balaban J connectivity index is 1.11. The second-order valence-corrected chi connectivity index (χ2v) is 12.3. The summed E-state index contributed by atoms with van der Waals surface area (Å²) in [4.78, 5) is 46.0. The fourth-order valence-corrected chi connectivity index (χ4v) is 4.58. The van der Waals surface area contributed by atoms with Crippen LogP contribution in [0.25, 0.3) is 0 Å². The summed E-state index contributed by atoms with van der Waals surface area (Å²) in [5.41, 5.74) is 2.16. The Morgan fingerprint density at radius 3 is 2.02 bits per heavy atom. The first-order valence-electron chi connectivity index (χ1n) is 15.6. The van der Waals surface area contributed by atoms with E-state index >= 15 is 0 Å². The third-order valence-electron chi connectivity index (χ3n) is 7.57.